The summed E-state index contributed by atoms with van der Waals surface area (Å²) in [6.45, 7) is 6.24. The van der Waals surface area contributed by atoms with Crippen LogP contribution in [0.15, 0.2) is 4.52 Å². The lowest BCUT2D eigenvalue weighted by atomic mass is 9.98. The number of methoxy groups -OCH3 is 1. The Kier molecular flexibility index (Phi) is 4.12. The Bertz CT molecular complexity index is 345. The van der Waals surface area contributed by atoms with Crippen molar-refractivity contribution < 1.29 is 9.26 Å². The molecule has 1 aliphatic heterocycles. The van der Waals surface area contributed by atoms with Crippen molar-refractivity contribution in [2.45, 2.75) is 38.7 Å². The second-order valence-electron chi connectivity index (χ2n) is 4.92. The van der Waals surface area contributed by atoms with E-state index in [9.17, 15) is 0 Å². The topological polar surface area (TPSA) is 60.2 Å². The van der Waals surface area contributed by atoms with Crippen LogP contribution in [0.25, 0.3) is 0 Å². The molecule has 2 rings (SSSR count). The van der Waals surface area contributed by atoms with Gasteiger partial charge in [0.15, 0.2) is 0 Å². The van der Waals surface area contributed by atoms with Gasteiger partial charge in [-0.2, -0.15) is 4.98 Å². The molecule has 0 radical (unpaired) electrons. The fraction of sp³-hybridized carbons (Fsp3) is 0.833. The van der Waals surface area contributed by atoms with Gasteiger partial charge in [-0.1, -0.05) is 19.0 Å². The van der Waals surface area contributed by atoms with Crippen molar-refractivity contribution in [3.05, 3.63) is 11.7 Å². The Morgan fingerprint density at radius 1 is 1.35 bits per heavy atom. The average Bonchev–Trinajstić information content (AvgIpc) is 2.80. The first-order valence-electron chi connectivity index (χ1n) is 6.29. The van der Waals surface area contributed by atoms with Crippen LogP contribution in [0.4, 0.5) is 0 Å². The van der Waals surface area contributed by atoms with Crippen LogP contribution in [0.3, 0.4) is 0 Å². The van der Waals surface area contributed by atoms with Crippen LogP contribution in [0, 0.1) is 5.92 Å². The number of nitrogens with one attached hydrogen (secondary N) is 1. The first-order chi connectivity index (χ1) is 8.22. The van der Waals surface area contributed by atoms with Crippen molar-refractivity contribution in [3.63, 3.8) is 0 Å². The molecule has 0 amide bonds. The molecule has 1 fully saturated rings. The minimum absolute atomic E-state index is 0.0748. The van der Waals surface area contributed by atoms with E-state index in [-0.39, 0.29) is 6.10 Å². The number of hydrogen-bond acceptors (Lipinski definition) is 5. The molecule has 0 bridgehead atoms. The molecule has 1 N–H and O–H groups in total. The van der Waals surface area contributed by atoms with E-state index in [4.69, 9.17) is 9.26 Å². The van der Waals surface area contributed by atoms with E-state index in [1.807, 2.05) is 0 Å². The Hall–Kier alpha value is -0.940. The number of ether oxygens (including phenoxy) is 1. The summed E-state index contributed by atoms with van der Waals surface area (Å²) in [5.41, 5.74) is 0. The van der Waals surface area contributed by atoms with Crippen molar-refractivity contribution in [1.29, 1.82) is 0 Å². The highest BCUT2D eigenvalue weighted by molar-refractivity contribution is 4.99. The van der Waals surface area contributed by atoms with Gasteiger partial charge in [-0.3, -0.25) is 0 Å². The van der Waals surface area contributed by atoms with Crippen LogP contribution >= 0.6 is 0 Å². The quantitative estimate of drug-likeness (QED) is 0.869. The predicted octanol–water partition coefficient (Wildman–Crippen LogP) is 1.88. The van der Waals surface area contributed by atoms with E-state index in [0.717, 1.165) is 31.8 Å². The third kappa shape index (κ3) is 2.84. The zero-order valence-electron chi connectivity index (χ0n) is 10.8. The highest BCUT2D eigenvalue weighted by Gasteiger charge is 2.25. The number of hydrogen-bond donors (Lipinski definition) is 1. The monoisotopic (exact) mass is 239 g/mol. The third-order valence-corrected chi connectivity index (χ3v) is 3.26. The summed E-state index contributed by atoms with van der Waals surface area (Å²) in [7, 11) is 1.69. The van der Waals surface area contributed by atoms with Crippen LogP contribution in [0.2, 0.25) is 0 Å². The van der Waals surface area contributed by atoms with Gasteiger partial charge in [0.25, 0.3) is 0 Å². The highest BCUT2D eigenvalue weighted by Crippen LogP contribution is 2.27. The molecule has 2 heterocycles. The molecule has 5 heteroatoms. The molecule has 1 atom stereocenters. The average molecular weight is 239 g/mol. The van der Waals surface area contributed by atoms with Crippen LogP contribution in [0.1, 0.15) is 50.4 Å². The van der Waals surface area contributed by atoms with Crippen LogP contribution in [-0.4, -0.2) is 30.3 Å². The van der Waals surface area contributed by atoms with E-state index in [0.29, 0.717) is 17.7 Å². The molecule has 0 aliphatic carbocycles. The summed E-state index contributed by atoms with van der Waals surface area (Å²) in [6, 6.07) is 0. The Balaban J connectivity index is 2.08. The molecule has 0 aromatic carbocycles. The molecule has 1 aromatic rings. The van der Waals surface area contributed by atoms with E-state index < -0.39 is 0 Å². The summed E-state index contributed by atoms with van der Waals surface area (Å²) >= 11 is 0. The summed E-state index contributed by atoms with van der Waals surface area (Å²) in [5.74, 6) is 2.20. The lowest BCUT2D eigenvalue weighted by Crippen LogP contribution is -2.26. The molecular formula is C12H21N3O2. The van der Waals surface area contributed by atoms with E-state index in [1.54, 1.807) is 7.11 Å². The Labute approximate surface area is 102 Å². The van der Waals surface area contributed by atoms with Gasteiger partial charge in [0.05, 0.1) is 0 Å². The molecule has 5 nitrogen and oxygen atoms in total. The summed E-state index contributed by atoms with van der Waals surface area (Å²) in [6.07, 6.45) is 2.07. The molecule has 96 valence electrons. The number of rotatable bonds is 4. The van der Waals surface area contributed by atoms with Gasteiger partial charge >= 0.3 is 0 Å². The first-order valence-corrected chi connectivity index (χ1v) is 6.29. The molecule has 1 aromatic heterocycles. The summed E-state index contributed by atoms with van der Waals surface area (Å²) in [5, 5.41) is 7.38. The Morgan fingerprint density at radius 2 is 2.06 bits per heavy atom. The maximum absolute atomic E-state index is 5.40. The van der Waals surface area contributed by atoms with Crippen molar-refractivity contribution in [2.75, 3.05) is 20.2 Å². The second-order valence-corrected chi connectivity index (χ2v) is 4.92. The molecule has 1 unspecified atom stereocenters. The standard InChI is InChI=1S/C12H21N3O2/c1-8(2)10(16-3)11-14-12(17-15-11)9-4-6-13-7-5-9/h8-10,13H,4-7H2,1-3H3. The van der Waals surface area contributed by atoms with E-state index in [2.05, 4.69) is 29.3 Å². The molecule has 1 saturated heterocycles. The van der Waals surface area contributed by atoms with Crippen LogP contribution in [-0.2, 0) is 4.74 Å². The zero-order chi connectivity index (χ0) is 12.3. The van der Waals surface area contributed by atoms with E-state index in [1.165, 1.54) is 0 Å². The van der Waals surface area contributed by atoms with Gasteiger partial charge in [-0.15, -0.1) is 0 Å². The zero-order valence-corrected chi connectivity index (χ0v) is 10.8. The smallest absolute Gasteiger partial charge is 0.229 e. The number of piperidine rings is 1. The first kappa shape index (κ1) is 12.5. The van der Waals surface area contributed by atoms with Gasteiger partial charge in [-0.25, -0.2) is 0 Å². The maximum atomic E-state index is 5.40. The van der Waals surface area contributed by atoms with Crippen molar-refractivity contribution in [2.24, 2.45) is 5.92 Å². The largest absolute Gasteiger partial charge is 0.373 e. The van der Waals surface area contributed by atoms with Gasteiger partial charge in [0.1, 0.15) is 6.10 Å². The fourth-order valence-corrected chi connectivity index (χ4v) is 2.27. The van der Waals surface area contributed by atoms with Gasteiger partial charge in [-0.05, 0) is 31.8 Å². The van der Waals surface area contributed by atoms with Gasteiger partial charge < -0.3 is 14.6 Å². The normalized spacial score (nSPS) is 19.8. The second kappa shape index (κ2) is 5.60. The molecule has 17 heavy (non-hydrogen) atoms. The Morgan fingerprint density at radius 3 is 2.65 bits per heavy atom. The lowest BCUT2D eigenvalue weighted by Gasteiger charge is -2.18. The molecule has 1 aliphatic rings. The fourth-order valence-electron chi connectivity index (χ4n) is 2.27. The maximum Gasteiger partial charge on any atom is 0.229 e. The van der Waals surface area contributed by atoms with E-state index >= 15 is 0 Å². The highest BCUT2D eigenvalue weighted by atomic mass is 16.5. The molecule has 0 saturated carbocycles. The molecular weight excluding hydrogens is 218 g/mol. The van der Waals surface area contributed by atoms with Crippen molar-refractivity contribution in [3.8, 4) is 0 Å². The third-order valence-electron chi connectivity index (χ3n) is 3.26. The van der Waals surface area contributed by atoms with Gasteiger partial charge in [0, 0.05) is 13.0 Å². The SMILES string of the molecule is COC(c1noc(C2CCNCC2)n1)C(C)C. The van der Waals surface area contributed by atoms with Crippen LogP contribution < -0.4 is 5.32 Å². The number of aromatic nitrogens is 2. The minimum Gasteiger partial charge on any atom is -0.373 e. The summed E-state index contributed by atoms with van der Waals surface area (Å²) < 4.78 is 10.8. The minimum atomic E-state index is -0.0748. The van der Waals surface area contributed by atoms with Crippen LogP contribution in [0.5, 0.6) is 0 Å². The van der Waals surface area contributed by atoms with Crippen molar-refractivity contribution in [1.82, 2.24) is 15.5 Å². The summed E-state index contributed by atoms with van der Waals surface area (Å²) in [4.78, 5) is 4.50. The van der Waals surface area contributed by atoms with Crippen molar-refractivity contribution >= 4 is 0 Å². The number of nitrogens with zero attached hydrogens (tertiary/aromatic N) is 2. The lowest BCUT2D eigenvalue weighted by molar-refractivity contribution is 0.0555. The molecule has 0 spiro atoms. The van der Waals surface area contributed by atoms with Gasteiger partial charge in [0.2, 0.25) is 11.7 Å². The predicted molar refractivity (Wildman–Crippen MR) is 63.7 cm³/mol.